The van der Waals surface area contributed by atoms with E-state index in [0.29, 0.717) is 10.8 Å². The molecule has 2 aromatic carbocycles. The number of carbonyl (C=O) groups excluding carboxylic acids is 1. The highest BCUT2D eigenvalue weighted by Crippen LogP contribution is 2.26. The van der Waals surface area contributed by atoms with Crippen LogP contribution in [-0.2, 0) is 0 Å². The van der Waals surface area contributed by atoms with E-state index in [2.05, 4.69) is 20.4 Å². The van der Waals surface area contributed by atoms with E-state index in [4.69, 9.17) is 0 Å². The molecule has 1 aromatic heterocycles. The lowest BCUT2D eigenvalue weighted by atomic mass is 10.3. The number of rotatable bonds is 5. The molecule has 2 N–H and O–H groups in total. The highest BCUT2D eigenvalue weighted by Gasteiger charge is 2.30. The summed E-state index contributed by atoms with van der Waals surface area (Å²) in [7, 11) is 0. The number of hydrogen-bond donors (Lipinski definition) is 2. The van der Waals surface area contributed by atoms with Gasteiger partial charge in [-0.1, -0.05) is 12.1 Å². The average molecular weight is 397 g/mol. The molecule has 0 bridgehead atoms. The molecule has 1 amide bonds. The van der Waals surface area contributed by atoms with Crippen LogP contribution < -0.4 is 15.4 Å². The van der Waals surface area contributed by atoms with Crippen LogP contribution in [0.3, 0.4) is 0 Å². The Morgan fingerprint density at radius 1 is 1.07 bits per heavy atom. The number of aromatic nitrogens is 1. The Morgan fingerprint density at radius 2 is 1.78 bits per heavy atom. The lowest BCUT2D eigenvalue weighted by Gasteiger charge is -2.09. The summed E-state index contributed by atoms with van der Waals surface area (Å²) in [6.45, 7) is 0. The predicted octanol–water partition coefficient (Wildman–Crippen LogP) is 5.18. The van der Waals surface area contributed by atoms with Crippen molar-refractivity contribution in [1.82, 2.24) is 4.98 Å². The fraction of sp³-hybridized carbons (Fsp3) is 0.0588. The van der Waals surface area contributed by atoms with Gasteiger partial charge < -0.3 is 15.4 Å². The van der Waals surface area contributed by atoms with Crippen molar-refractivity contribution in [2.75, 3.05) is 10.6 Å². The van der Waals surface area contributed by atoms with Crippen LogP contribution in [0.25, 0.3) is 0 Å². The third-order valence-corrected chi connectivity index (χ3v) is 3.96. The zero-order valence-corrected chi connectivity index (χ0v) is 14.2. The molecule has 3 aromatic rings. The molecule has 0 aliphatic rings. The summed E-state index contributed by atoms with van der Waals surface area (Å²) < 4.78 is 53.8. The van der Waals surface area contributed by atoms with Crippen molar-refractivity contribution in [3.8, 4) is 5.75 Å². The van der Waals surface area contributed by atoms with Gasteiger partial charge in [-0.3, -0.25) is 4.79 Å². The summed E-state index contributed by atoms with van der Waals surface area (Å²) in [5.41, 5.74) is 0.563. The smallest absolute Gasteiger partial charge is 0.406 e. The van der Waals surface area contributed by atoms with Crippen molar-refractivity contribution in [2.45, 2.75) is 6.36 Å². The first-order valence-corrected chi connectivity index (χ1v) is 8.32. The van der Waals surface area contributed by atoms with Gasteiger partial charge in [-0.05, 0) is 36.4 Å². The number of carbonyl (C=O) groups is 1. The Labute approximate surface area is 154 Å². The first-order valence-electron chi connectivity index (χ1n) is 7.44. The van der Waals surface area contributed by atoms with Gasteiger partial charge in [0.25, 0.3) is 5.91 Å². The van der Waals surface area contributed by atoms with E-state index in [0.717, 1.165) is 23.5 Å². The van der Waals surface area contributed by atoms with E-state index >= 15 is 0 Å². The first-order chi connectivity index (χ1) is 12.8. The minimum Gasteiger partial charge on any atom is -0.406 e. The van der Waals surface area contributed by atoms with Crippen LogP contribution in [0.4, 0.5) is 34.1 Å². The van der Waals surface area contributed by atoms with Gasteiger partial charge in [0.2, 0.25) is 0 Å². The van der Waals surface area contributed by atoms with Gasteiger partial charge in [-0.2, -0.15) is 0 Å². The van der Waals surface area contributed by atoms with Crippen LogP contribution in [0.15, 0.2) is 53.9 Å². The Bertz CT molecular complexity index is 942. The van der Waals surface area contributed by atoms with Crippen molar-refractivity contribution in [3.63, 3.8) is 0 Å². The molecule has 0 radical (unpaired) electrons. The SMILES string of the molecule is O=C(Nc1ccccc1F)c1csc(Nc2ccc(OC(F)(F)F)cc2)n1. The fourth-order valence-electron chi connectivity index (χ4n) is 2.05. The lowest BCUT2D eigenvalue weighted by molar-refractivity contribution is -0.274. The topological polar surface area (TPSA) is 63.2 Å². The summed E-state index contributed by atoms with van der Waals surface area (Å²) in [5.74, 6) is -1.50. The second kappa shape index (κ2) is 7.62. The van der Waals surface area contributed by atoms with Crippen molar-refractivity contribution in [1.29, 1.82) is 0 Å². The zero-order valence-electron chi connectivity index (χ0n) is 13.4. The van der Waals surface area contributed by atoms with Crippen LogP contribution in [0.5, 0.6) is 5.75 Å². The summed E-state index contributed by atoms with van der Waals surface area (Å²) in [4.78, 5) is 16.2. The van der Waals surface area contributed by atoms with Gasteiger partial charge in [0, 0.05) is 11.1 Å². The van der Waals surface area contributed by atoms with E-state index in [1.807, 2.05) is 0 Å². The molecule has 0 saturated heterocycles. The Balaban J connectivity index is 1.64. The van der Waals surface area contributed by atoms with E-state index in [9.17, 15) is 22.4 Å². The van der Waals surface area contributed by atoms with Crippen LogP contribution in [0, 0.1) is 5.82 Å². The number of anilines is 3. The molecule has 0 saturated carbocycles. The van der Waals surface area contributed by atoms with Gasteiger partial charge in [-0.15, -0.1) is 24.5 Å². The van der Waals surface area contributed by atoms with E-state index in [1.165, 1.54) is 35.7 Å². The average Bonchev–Trinajstić information content (AvgIpc) is 3.06. The minimum absolute atomic E-state index is 0.0327. The molecule has 3 rings (SSSR count). The van der Waals surface area contributed by atoms with E-state index < -0.39 is 18.1 Å². The summed E-state index contributed by atoms with van der Waals surface area (Å²) in [5, 5.41) is 7.09. The highest BCUT2D eigenvalue weighted by atomic mass is 32.1. The number of halogens is 4. The van der Waals surface area contributed by atoms with Crippen molar-refractivity contribution in [3.05, 3.63) is 65.4 Å². The van der Waals surface area contributed by atoms with E-state index in [1.54, 1.807) is 6.07 Å². The normalized spacial score (nSPS) is 11.1. The largest absolute Gasteiger partial charge is 0.573 e. The molecule has 10 heteroatoms. The van der Waals surface area contributed by atoms with Crippen LogP contribution in [0.2, 0.25) is 0 Å². The van der Waals surface area contributed by atoms with Gasteiger partial charge >= 0.3 is 6.36 Å². The summed E-state index contributed by atoms with van der Waals surface area (Å²) in [6, 6.07) is 10.8. The molecule has 0 atom stereocenters. The molecule has 0 fully saturated rings. The number of ether oxygens (including phenoxy) is 1. The van der Waals surface area contributed by atoms with Crippen molar-refractivity contribution < 1.29 is 27.1 Å². The Morgan fingerprint density at radius 3 is 2.44 bits per heavy atom. The molecule has 27 heavy (non-hydrogen) atoms. The Hall–Kier alpha value is -3.14. The predicted molar refractivity (Wildman–Crippen MR) is 92.9 cm³/mol. The molecule has 0 unspecified atom stereocenters. The molecule has 1 heterocycles. The van der Waals surface area contributed by atoms with Gasteiger partial charge in [0.15, 0.2) is 5.13 Å². The van der Waals surface area contributed by atoms with Crippen LogP contribution >= 0.6 is 11.3 Å². The molecular formula is C17H11F4N3O2S. The van der Waals surface area contributed by atoms with Crippen molar-refractivity contribution in [2.24, 2.45) is 0 Å². The minimum atomic E-state index is -4.76. The number of para-hydroxylation sites is 1. The first kappa shape index (κ1) is 18.6. The molecule has 0 aliphatic carbocycles. The van der Waals surface area contributed by atoms with Crippen LogP contribution in [0.1, 0.15) is 10.5 Å². The molecule has 0 spiro atoms. The number of alkyl halides is 3. The Kier molecular flexibility index (Phi) is 5.26. The third-order valence-electron chi connectivity index (χ3n) is 3.20. The third kappa shape index (κ3) is 5.17. The van der Waals surface area contributed by atoms with Crippen molar-refractivity contribution >= 4 is 33.8 Å². The number of nitrogens with one attached hydrogen (secondary N) is 2. The standard InChI is InChI=1S/C17H11F4N3O2S/c18-12-3-1-2-4-13(12)23-15(25)14-9-27-16(24-14)22-10-5-7-11(8-6-10)26-17(19,20)21/h1-9H,(H,22,24)(H,23,25). The van der Waals surface area contributed by atoms with Gasteiger partial charge in [0.1, 0.15) is 17.3 Å². The maximum atomic E-state index is 13.6. The second-order valence-corrected chi connectivity index (χ2v) is 6.03. The fourth-order valence-corrected chi connectivity index (χ4v) is 2.76. The maximum absolute atomic E-state index is 13.6. The van der Waals surface area contributed by atoms with Gasteiger partial charge in [0.05, 0.1) is 5.69 Å². The van der Waals surface area contributed by atoms with Crippen LogP contribution in [-0.4, -0.2) is 17.3 Å². The summed E-state index contributed by atoms with van der Waals surface area (Å²) in [6.07, 6.45) is -4.76. The number of amides is 1. The number of nitrogens with zero attached hydrogens (tertiary/aromatic N) is 1. The van der Waals surface area contributed by atoms with Gasteiger partial charge in [-0.25, -0.2) is 9.37 Å². The quantitative estimate of drug-likeness (QED) is 0.583. The lowest BCUT2D eigenvalue weighted by Crippen LogP contribution is -2.16. The number of benzene rings is 2. The monoisotopic (exact) mass is 397 g/mol. The van der Waals surface area contributed by atoms with E-state index in [-0.39, 0.29) is 17.1 Å². The number of thiazole rings is 1. The summed E-state index contributed by atoms with van der Waals surface area (Å²) >= 11 is 1.11. The molecule has 5 nitrogen and oxygen atoms in total. The maximum Gasteiger partial charge on any atom is 0.573 e. The highest BCUT2D eigenvalue weighted by molar-refractivity contribution is 7.14. The zero-order chi connectivity index (χ0) is 19.4. The molecule has 0 aliphatic heterocycles. The second-order valence-electron chi connectivity index (χ2n) is 5.17. The molecular weight excluding hydrogens is 386 g/mol. The number of hydrogen-bond acceptors (Lipinski definition) is 5. The molecule has 140 valence electrons.